The van der Waals surface area contributed by atoms with Gasteiger partial charge in [0.2, 0.25) is 0 Å². The fourth-order valence-corrected chi connectivity index (χ4v) is 2.93. The van der Waals surface area contributed by atoms with E-state index in [0.717, 1.165) is 41.7 Å². The molecule has 0 spiro atoms. The molecule has 106 valence electrons. The number of methoxy groups -OCH3 is 1. The Morgan fingerprint density at radius 1 is 1.53 bits per heavy atom. The molecular weight excluding hydrogens is 308 g/mol. The summed E-state index contributed by atoms with van der Waals surface area (Å²) in [6, 6.07) is 6.13. The van der Waals surface area contributed by atoms with Crippen LogP contribution in [0.3, 0.4) is 0 Å². The van der Waals surface area contributed by atoms with Gasteiger partial charge in [0.15, 0.2) is 0 Å². The zero-order valence-electron chi connectivity index (χ0n) is 11.2. The third-order valence-electron chi connectivity index (χ3n) is 3.56. The van der Waals surface area contributed by atoms with E-state index >= 15 is 0 Å². The van der Waals surface area contributed by atoms with Crippen LogP contribution in [-0.4, -0.2) is 25.9 Å². The maximum atomic E-state index is 5.81. The van der Waals surface area contributed by atoms with Crippen molar-refractivity contribution >= 4 is 15.9 Å². The maximum absolute atomic E-state index is 5.81. The molecule has 0 radical (unpaired) electrons. The Balaban J connectivity index is 2.10. The van der Waals surface area contributed by atoms with Crippen molar-refractivity contribution in [2.24, 2.45) is 5.84 Å². The number of ether oxygens (including phenoxy) is 2. The van der Waals surface area contributed by atoms with Gasteiger partial charge in [0.25, 0.3) is 0 Å². The molecule has 1 aliphatic heterocycles. The Morgan fingerprint density at radius 3 is 3.00 bits per heavy atom. The smallest absolute Gasteiger partial charge is 0.122 e. The lowest BCUT2D eigenvalue weighted by atomic mass is 9.96. The summed E-state index contributed by atoms with van der Waals surface area (Å²) in [7, 11) is 1.69. The molecule has 1 aromatic carbocycles. The third kappa shape index (κ3) is 3.92. The van der Waals surface area contributed by atoms with E-state index in [-0.39, 0.29) is 12.1 Å². The number of nitrogens with one attached hydrogen (secondary N) is 1. The highest BCUT2D eigenvalue weighted by Gasteiger charge is 2.24. The van der Waals surface area contributed by atoms with Crippen LogP contribution in [0.4, 0.5) is 0 Å². The molecule has 3 N–H and O–H groups in total. The molecule has 0 bridgehead atoms. The Bertz CT molecular complexity index is 408. The Labute approximate surface area is 122 Å². The second-order valence-corrected chi connectivity index (χ2v) is 5.75. The molecule has 1 saturated heterocycles. The predicted molar refractivity (Wildman–Crippen MR) is 79.1 cm³/mol. The summed E-state index contributed by atoms with van der Waals surface area (Å²) < 4.78 is 12.3. The van der Waals surface area contributed by atoms with Gasteiger partial charge in [-0.1, -0.05) is 15.9 Å². The predicted octanol–water partition coefficient (Wildman–Crippen LogP) is 2.40. The molecule has 1 aromatic rings. The van der Waals surface area contributed by atoms with Crippen LogP contribution < -0.4 is 16.0 Å². The van der Waals surface area contributed by atoms with E-state index in [0.29, 0.717) is 0 Å². The molecular formula is C14H21BrN2O2. The molecule has 2 rings (SSSR count). The number of hydrogen-bond donors (Lipinski definition) is 2. The number of rotatable bonds is 5. The van der Waals surface area contributed by atoms with Crippen molar-refractivity contribution in [3.8, 4) is 5.75 Å². The number of nitrogens with two attached hydrogens (primary N) is 1. The van der Waals surface area contributed by atoms with E-state index in [1.54, 1.807) is 7.11 Å². The van der Waals surface area contributed by atoms with Crippen LogP contribution in [0.2, 0.25) is 0 Å². The summed E-state index contributed by atoms with van der Waals surface area (Å²) in [5, 5.41) is 0. The van der Waals surface area contributed by atoms with Crippen LogP contribution in [0.25, 0.3) is 0 Å². The summed E-state index contributed by atoms with van der Waals surface area (Å²) in [4.78, 5) is 0. The van der Waals surface area contributed by atoms with Crippen LogP contribution in [0.15, 0.2) is 22.7 Å². The number of hydrogen-bond acceptors (Lipinski definition) is 4. The lowest BCUT2D eigenvalue weighted by Crippen LogP contribution is -2.47. The number of benzene rings is 1. The van der Waals surface area contributed by atoms with Crippen LogP contribution in [0.5, 0.6) is 5.75 Å². The minimum atomic E-state index is 0.114. The van der Waals surface area contributed by atoms with Gasteiger partial charge in [-0.05, 0) is 49.4 Å². The van der Waals surface area contributed by atoms with Gasteiger partial charge in [-0.3, -0.25) is 11.3 Å². The van der Waals surface area contributed by atoms with Crippen molar-refractivity contribution in [3.05, 3.63) is 28.2 Å². The van der Waals surface area contributed by atoms with Gasteiger partial charge in [0, 0.05) is 11.1 Å². The zero-order chi connectivity index (χ0) is 13.7. The summed E-state index contributed by atoms with van der Waals surface area (Å²) in [6.45, 7) is 0.832. The maximum Gasteiger partial charge on any atom is 0.122 e. The van der Waals surface area contributed by atoms with E-state index in [4.69, 9.17) is 15.3 Å². The molecule has 5 heteroatoms. The van der Waals surface area contributed by atoms with Crippen LogP contribution >= 0.6 is 15.9 Å². The molecule has 2 atom stereocenters. The van der Waals surface area contributed by atoms with Gasteiger partial charge < -0.3 is 9.47 Å². The lowest BCUT2D eigenvalue weighted by molar-refractivity contribution is -0.00752. The van der Waals surface area contributed by atoms with Crippen LogP contribution in [0, 0.1) is 0 Å². The molecule has 2 unspecified atom stereocenters. The van der Waals surface area contributed by atoms with Gasteiger partial charge in [-0.25, -0.2) is 0 Å². The van der Waals surface area contributed by atoms with Crippen molar-refractivity contribution in [2.75, 3.05) is 13.7 Å². The van der Waals surface area contributed by atoms with E-state index in [2.05, 4.69) is 27.4 Å². The standard InChI is InChI=1S/C14H21BrN2O2/c1-18-13-6-5-11(15)8-10(13)9-12(17-16)14-4-2-3-7-19-14/h5-6,8,12,14,17H,2-4,7,9,16H2,1H3. The quantitative estimate of drug-likeness (QED) is 0.643. The van der Waals surface area contributed by atoms with Gasteiger partial charge in [-0.15, -0.1) is 0 Å². The first-order chi connectivity index (χ1) is 9.24. The molecule has 4 nitrogen and oxygen atoms in total. The van der Waals surface area contributed by atoms with Gasteiger partial charge in [-0.2, -0.15) is 0 Å². The first-order valence-electron chi connectivity index (χ1n) is 6.64. The first kappa shape index (κ1) is 14.8. The largest absolute Gasteiger partial charge is 0.496 e. The normalized spacial score (nSPS) is 21.1. The fraction of sp³-hybridized carbons (Fsp3) is 0.571. The van der Waals surface area contributed by atoms with Crippen molar-refractivity contribution < 1.29 is 9.47 Å². The molecule has 0 saturated carbocycles. The van der Waals surface area contributed by atoms with E-state index in [9.17, 15) is 0 Å². The summed E-state index contributed by atoms with van der Waals surface area (Å²) in [5.74, 6) is 6.59. The first-order valence-corrected chi connectivity index (χ1v) is 7.44. The molecule has 0 aliphatic carbocycles. The van der Waals surface area contributed by atoms with Crippen molar-refractivity contribution in [1.29, 1.82) is 0 Å². The summed E-state index contributed by atoms with van der Waals surface area (Å²) >= 11 is 3.49. The van der Waals surface area contributed by atoms with E-state index in [1.165, 1.54) is 6.42 Å². The molecule has 1 fully saturated rings. The highest BCUT2D eigenvalue weighted by atomic mass is 79.9. The van der Waals surface area contributed by atoms with Gasteiger partial charge >= 0.3 is 0 Å². The summed E-state index contributed by atoms with van der Waals surface area (Å²) in [5.41, 5.74) is 4.03. The van der Waals surface area contributed by atoms with E-state index < -0.39 is 0 Å². The van der Waals surface area contributed by atoms with Crippen molar-refractivity contribution in [2.45, 2.75) is 37.8 Å². The van der Waals surface area contributed by atoms with Crippen molar-refractivity contribution in [3.63, 3.8) is 0 Å². The Morgan fingerprint density at radius 2 is 2.37 bits per heavy atom. The van der Waals surface area contributed by atoms with Crippen LogP contribution in [-0.2, 0) is 11.2 Å². The Kier molecular flexibility index (Phi) is 5.63. The second-order valence-electron chi connectivity index (χ2n) is 4.84. The lowest BCUT2D eigenvalue weighted by Gasteiger charge is -2.30. The third-order valence-corrected chi connectivity index (χ3v) is 4.05. The SMILES string of the molecule is COc1ccc(Br)cc1CC(NN)C1CCCCO1. The summed E-state index contributed by atoms with van der Waals surface area (Å²) in [6.07, 6.45) is 4.39. The molecule has 1 heterocycles. The minimum absolute atomic E-state index is 0.114. The van der Waals surface area contributed by atoms with Crippen molar-refractivity contribution in [1.82, 2.24) is 5.43 Å². The molecule has 0 amide bonds. The minimum Gasteiger partial charge on any atom is -0.496 e. The molecule has 0 aromatic heterocycles. The highest BCUT2D eigenvalue weighted by molar-refractivity contribution is 9.10. The fourth-order valence-electron chi connectivity index (χ4n) is 2.52. The topological polar surface area (TPSA) is 56.5 Å². The van der Waals surface area contributed by atoms with Gasteiger partial charge in [0.05, 0.1) is 19.3 Å². The monoisotopic (exact) mass is 328 g/mol. The molecule has 1 aliphatic rings. The van der Waals surface area contributed by atoms with E-state index in [1.807, 2.05) is 12.1 Å². The average molecular weight is 329 g/mol. The highest BCUT2D eigenvalue weighted by Crippen LogP contribution is 2.26. The van der Waals surface area contributed by atoms with Crippen LogP contribution in [0.1, 0.15) is 24.8 Å². The zero-order valence-corrected chi connectivity index (χ0v) is 12.8. The molecule has 19 heavy (non-hydrogen) atoms. The number of halogens is 1. The Hall–Kier alpha value is -0.620. The van der Waals surface area contributed by atoms with Gasteiger partial charge in [0.1, 0.15) is 5.75 Å². The average Bonchev–Trinajstić information content (AvgIpc) is 2.46. The second kappa shape index (κ2) is 7.24. The number of hydrazine groups is 1.